The van der Waals surface area contributed by atoms with Gasteiger partial charge in [0, 0.05) is 17.8 Å². The molecule has 2 rings (SSSR count). The molecule has 0 aliphatic carbocycles. The van der Waals surface area contributed by atoms with E-state index in [9.17, 15) is 18.4 Å². The molecule has 0 saturated heterocycles. The largest absolute Gasteiger partial charge is 0.323 e. The van der Waals surface area contributed by atoms with Gasteiger partial charge in [-0.05, 0) is 25.0 Å². The highest BCUT2D eigenvalue weighted by Gasteiger charge is 2.10. The van der Waals surface area contributed by atoms with Gasteiger partial charge >= 0.3 is 0 Å². The quantitative estimate of drug-likeness (QED) is 0.592. The SMILES string of the molecule is CCCCc1cc(=O)[nH]c(SCC(=O)Nc2ccc(F)cc2F)n1. The van der Waals surface area contributed by atoms with Gasteiger partial charge in [0.15, 0.2) is 5.16 Å². The van der Waals surface area contributed by atoms with Gasteiger partial charge in [-0.1, -0.05) is 25.1 Å². The molecule has 1 heterocycles. The molecule has 0 spiro atoms. The lowest BCUT2D eigenvalue weighted by atomic mass is 10.2. The van der Waals surface area contributed by atoms with Crippen LogP contribution in [0.4, 0.5) is 14.5 Å². The van der Waals surface area contributed by atoms with Crippen LogP contribution in [0.25, 0.3) is 0 Å². The molecule has 1 aromatic carbocycles. The fourth-order valence-corrected chi connectivity index (χ4v) is 2.64. The third kappa shape index (κ3) is 5.45. The van der Waals surface area contributed by atoms with Crippen molar-refractivity contribution in [3.05, 3.63) is 51.9 Å². The molecule has 0 unspecified atom stereocenters. The van der Waals surface area contributed by atoms with Gasteiger partial charge in [-0.25, -0.2) is 13.8 Å². The number of H-pyrrole nitrogens is 1. The molecule has 0 bridgehead atoms. The van der Waals surface area contributed by atoms with E-state index in [1.165, 1.54) is 6.07 Å². The number of nitrogens with zero attached hydrogens (tertiary/aromatic N) is 1. The summed E-state index contributed by atoms with van der Waals surface area (Å²) in [7, 11) is 0. The van der Waals surface area contributed by atoms with Gasteiger partial charge in [0.25, 0.3) is 5.56 Å². The van der Waals surface area contributed by atoms with Crippen LogP contribution in [-0.2, 0) is 11.2 Å². The lowest BCUT2D eigenvalue weighted by Gasteiger charge is -2.07. The number of hydrogen-bond acceptors (Lipinski definition) is 4. The van der Waals surface area contributed by atoms with Gasteiger partial charge in [0.05, 0.1) is 11.4 Å². The van der Waals surface area contributed by atoms with E-state index in [1.807, 2.05) is 6.92 Å². The second-order valence-corrected chi connectivity index (χ2v) is 6.07. The summed E-state index contributed by atoms with van der Waals surface area (Å²) in [5.74, 6) is -2.10. The minimum Gasteiger partial charge on any atom is -0.323 e. The van der Waals surface area contributed by atoms with E-state index in [2.05, 4.69) is 15.3 Å². The van der Waals surface area contributed by atoms with Crippen LogP contribution in [0.2, 0.25) is 0 Å². The number of amides is 1. The standard InChI is InChI=1S/C16H17F2N3O2S/c1-2-3-4-11-8-14(22)21-16(19-11)24-9-15(23)20-13-6-5-10(17)7-12(13)18/h5-8H,2-4,9H2,1H3,(H,20,23)(H,19,21,22). The third-order valence-electron chi connectivity index (χ3n) is 3.10. The van der Waals surface area contributed by atoms with E-state index in [1.54, 1.807) is 0 Å². The van der Waals surface area contributed by atoms with Crippen LogP contribution >= 0.6 is 11.8 Å². The van der Waals surface area contributed by atoms with E-state index < -0.39 is 17.5 Å². The lowest BCUT2D eigenvalue weighted by Crippen LogP contribution is -2.16. The van der Waals surface area contributed by atoms with Crippen LogP contribution in [-0.4, -0.2) is 21.6 Å². The molecule has 1 amide bonds. The summed E-state index contributed by atoms with van der Waals surface area (Å²) < 4.78 is 26.3. The maximum atomic E-state index is 13.5. The number of hydrogen-bond donors (Lipinski definition) is 2. The molecule has 5 nitrogen and oxygen atoms in total. The monoisotopic (exact) mass is 353 g/mol. The minimum absolute atomic E-state index is 0.0585. The highest BCUT2D eigenvalue weighted by Crippen LogP contribution is 2.17. The van der Waals surface area contributed by atoms with Crippen LogP contribution in [0, 0.1) is 11.6 Å². The Hall–Kier alpha value is -2.22. The van der Waals surface area contributed by atoms with Gasteiger partial charge in [0.1, 0.15) is 11.6 Å². The van der Waals surface area contributed by atoms with Crippen molar-refractivity contribution < 1.29 is 13.6 Å². The maximum absolute atomic E-state index is 13.5. The fraction of sp³-hybridized carbons (Fsp3) is 0.312. The van der Waals surface area contributed by atoms with Crippen molar-refractivity contribution in [1.29, 1.82) is 0 Å². The zero-order valence-electron chi connectivity index (χ0n) is 13.1. The molecule has 0 aliphatic rings. The van der Waals surface area contributed by atoms with Crippen LogP contribution in [0.1, 0.15) is 25.5 Å². The molecule has 0 fully saturated rings. The summed E-state index contributed by atoms with van der Waals surface area (Å²) in [4.78, 5) is 30.3. The molecule has 8 heteroatoms. The Morgan fingerprint density at radius 1 is 1.33 bits per heavy atom. The highest BCUT2D eigenvalue weighted by atomic mass is 32.2. The number of thioether (sulfide) groups is 1. The summed E-state index contributed by atoms with van der Waals surface area (Å²) in [6.45, 7) is 2.04. The number of rotatable bonds is 7. The summed E-state index contributed by atoms with van der Waals surface area (Å²) in [6.07, 6.45) is 2.61. The van der Waals surface area contributed by atoms with Gasteiger partial charge in [-0.15, -0.1) is 0 Å². The first-order chi connectivity index (χ1) is 11.5. The smallest absolute Gasteiger partial charge is 0.251 e. The number of aromatic nitrogens is 2. The van der Waals surface area contributed by atoms with Crippen LogP contribution in [0.3, 0.4) is 0 Å². The van der Waals surface area contributed by atoms with Crippen molar-refractivity contribution in [3.8, 4) is 0 Å². The summed E-state index contributed by atoms with van der Waals surface area (Å²) >= 11 is 1.04. The maximum Gasteiger partial charge on any atom is 0.251 e. The van der Waals surface area contributed by atoms with Gasteiger partial charge in [-0.3, -0.25) is 9.59 Å². The van der Waals surface area contributed by atoms with Gasteiger partial charge < -0.3 is 10.3 Å². The van der Waals surface area contributed by atoms with Crippen LogP contribution in [0.15, 0.2) is 34.2 Å². The van der Waals surface area contributed by atoms with Gasteiger partial charge in [0.2, 0.25) is 5.91 Å². The number of unbranched alkanes of at least 4 members (excludes halogenated alkanes) is 1. The second-order valence-electron chi connectivity index (χ2n) is 5.11. The molecule has 2 N–H and O–H groups in total. The minimum atomic E-state index is -0.846. The predicted octanol–water partition coefficient (Wildman–Crippen LogP) is 3.12. The fourth-order valence-electron chi connectivity index (χ4n) is 1.95. The number of nitrogens with one attached hydrogen (secondary N) is 2. The Bertz CT molecular complexity index is 780. The van der Waals surface area contributed by atoms with Crippen molar-refractivity contribution in [2.24, 2.45) is 0 Å². The number of anilines is 1. The first kappa shape index (κ1) is 18.1. The van der Waals surface area contributed by atoms with Crippen LogP contribution < -0.4 is 10.9 Å². The molecule has 1 aromatic heterocycles. The zero-order valence-corrected chi connectivity index (χ0v) is 13.9. The molecule has 0 radical (unpaired) electrons. The van der Waals surface area contributed by atoms with E-state index in [-0.39, 0.29) is 17.0 Å². The zero-order chi connectivity index (χ0) is 17.5. The molecule has 0 aliphatic heterocycles. The Kier molecular flexibility index (Phi) is 6.48. The van der Waals surface area contributed by atoms with Crippen molar-refractivity contribution in [1.82, 2.24) is 9.97 Å². The Labute approximate surface area is 141 Å². The van der Waals surface area contributed by atoms with Crippen LogP contribution in [0.5, 0.6) is 0 Å². The third-order valence-corrected chi connectivity index (χ3v) is 3.98. The summed E-state index contributed by atoms with van der Waals surface area (Å²) in [6, 6.07) is 4.34. The van der Waals surface area contributed by atoms with Crippen molar-refractivity contribution in [2.45, 2.75) is 31.3 Å². The number of carbonyl (C=O) groups is 1. The lowest BCUT2D eigenvalue weighted by molar-refractivity contribution is -0.113. The Morgan fingerprint density at radius 3 is 2.83 bits per heavy atom. The molecule has 128 valence electrons. The normalized spacial score (nSPS) is 10.6. The average molecular weight is 353 g/mol. The molecule has 0 saturated carbocycles. The van der Waals surface area contributed by atoms with Crippen molar-refractivity contribution >= 4 is 23.4 Å². The number of halogens is 2. The summed E-state index contributed by atoms with van der Waals surface area (Å²) in [5.41, 5.74) is 0.303. The molecular formula is C16H17F2N3O2S. The molecule has 0 atom stereocenters. The Balaban J connectivity index is 1.96. The second kappa shape index (κ2) is 8.58. The van der Waals surface area contributed by atoms with E-state index >= 15 is 0 Å². The van der Waals surface area contributed by atoms with E-state index in [4.69, 9.17) is 0 Å². The first-order valence-corrected chi connectivity index (χ1v) is 8.44. The molecule has 24 heavy (non-hydrogen) atoms. The number of benzene rings is 1. The number of carbonyl (C=O) groups excluding carboxylic acids is 1. The summed E-state index contributed by atoms with van der Waals surface area (Å²) in [5, 5.41) is 2.69. The topological polar surface area (TPSA) is 74.8 Å². The number of aromatic amines is 1. The highest BCUT2D eigenvalue weighted by molar-refractivity contribution is 7.99. The van der Waals surface area contributed by atoms with E-state index in [0.717, 1.165) is 36.7 Å². The van der Waals surface area contributed by atoms with E-state index in [0.29, 0.717) is 23.3 Å². The van der Waals surface area contributed by atoms with Crippen molar-refractivity contribution in [2.75, 3.05) is 11.1 Å². The van der Waals surface area contributed by atoms with Crippen molar-refractivity contribution in [3.63, 3.8) is 0 Å². The molecule has 2 aromatic rings. The Morgan fingerprint density at radius 2 is 2.12 bits per heavy atom. The molecular weight excluding hydrogens is 336 g/mol. The van der Waals surface area contributed by atoms with Gasteiger partial charge in [-0.2, -0.15) is 0 Å². The first-order valence-electron chi connectivity index (χ1n) is 7.46. The average Bonchev–Trinajstić information content (AvgIpc) is 2.53. The number of aryl methyl sites for hydroxylation is 1. The predicted molar refractivity (Wildman–Crippen MR) is 89.2 cm³/mol.